The molecule has 0 aliphatic carbocycles. The Hall–Kier alpha value is -0.583. The Labute approximate surface area is 189 Å². The topological polar surface area (TPSA) is 6.48 Å². The number of anilines is 2. The van der Waals surface area contributed by atoms with Gasteiger partial charge in [-0.15, -0.1) is 26.2 Å². The van der Waals surface area contributed by atoms with E-state index in [1.165, 1.54) is 22.5 Å². The van der Waals surface area contributed by atoms with Gasteiger partial charge < -0.3 is 37.5 Å². The summed E-state index contributed by atoms with van der Waals surface area (Å²) < 4.78 is 0. The van der Waals surface area contributed by atoms with Crippen LogP contribution in [-0.2, 0) is 42.1 Å². The van der Waals surface area contributed by atoms with Crippen LogP contribution in [0.25, 0.3) is 0 Å². The molecular weight excluding hydrogens is 660 g/mol. The summed E-state index contributed by atoms with van der Waals surface area (Å²) in [6.45, 7) is 22.7. The minimum absolute atomic E-state index is 0. The van der Waals surface area contributed by atoms with E-state index in [0.29, 0.717) is 0 Å². The SMILES string of the molecule is [CH2-]CN(C[CH2-])c1cccc(C)c1.[CH2-]CN(C[CH2-])c1ccccc1C.[W+2].[W+2]. The van der Waals surface area contributed by atoms with Crippen LogP contribution >= 0.6 is 0 Å². The van der Waals surface area contributed by atoms with E-state index >= 15 is 0 Å². The average molecular weight is 690 g/mol. The molecule has 0 spiro atoms. The molecule has 0 aliphatic heterocycles. The molecule has 0 saturated heterocycles. The summed E-state index contributed by atoms with van der Waals surface area (Å²) in [6, 6.07) is 16.7. The fraction of sp³-hybridized carbons (Fsp3) is 0.273. The third-order valence-corrected chi connectivity index (χ3v) is 3.90. The summed E-state index contributed by atoms with van der Waals surface area (Å²) >= 11 is 0. The van der Waals surface area contributed by atoms with Crippen molar-refractivity contribution in [2.45, 2.75) is 13.8 Å². The van der Waals surface area contributed by atoms with Crippen molar-refractivity contribution >= 4 is 11.4 Å². The summed E-state index contributed by atoms with van der Waals surface area (Å²) in [4.78, 5) is 4.28. The fourth-order valence-corrected chi connectivity index (χ4v) is 2.47. The van der Waals surface area contributed by atoms with Crippen molar-refractivity contribution in [3.05, 3.63) is 87.4 Å². The van der Waals surface area contributed by atoms with E-state index in [0.717, 1.165) is 26.2 Å². The molecule has 0 atom stereocenters. The van der Waals surface area contributed by atoms with Gasteiger partial charge in [0, 0.05) is 11.4 Å². The maximum absolute atomic E-state index is 3.86. The van der Waals surface area contributed by atoms with Crippen LogP contribution < -0.4 is 9.80 Å². The number of hydrogen-bond acceptors (Lipinski definition) is 2. The van der Waals surface area contributed by atoms with E-state index in [1.54, 1.807) is 0 Å². The van der Waals surface area contributed by atoms with Crippen LogP contribution in [-0.4, -0.2) is 26.2 Å². The van der Waals surface area contributed by atoms with Gasteiger partial charge in [0.2, 0.25) is 0 Å². The fourth-order valence-electron chi connectivity index (χ4n) is 2.47. The first-order valence-corrected chi connectivity index (χ1v) is 8.36. The molecule has 0 aliphatic rings. The summed E-state index contributed by atoms with van der Waals surface area (Å²) in [6.07, 6.45) is 0. The third-order valence-electron chi connectivity index (χ3n) is 3.90. The van der Waals surface area contributed by atoms with Crippen molar-refractivity contribution < 1.29 is 42.1 Å². The summed E-state index contributed by atoms with van der Waals surface area (Å²) in [7, 11) is 0. The first kappa shape index (κ1) is 27.6. The Kier molecular flexibility index (Phi) is 16.4. The molecular formula is C22H30N2W2. The zero-order chi connectivity index (χ0) is 17.9. The molecule has 2 aromatic rings. The second-order valence-electron chi connectivity index (χ2n) is 5.60. The number of aryl methyl sites for hydroxylation is 2. The van der Waals surface area contributed by atoms with Crippen LogP contribution in [0.5, 0.6) is 0 Å². The summed E-state index contributed by atoms with van der Waals surface area (Å²) in [5.74, 6) is 0. The molecule has 0 N–H and O–H groups in total. The molecule has 0 unspecified atom stereocenters. The molecule has 0 saturated carbocycles. The average Bonchev–Trinajstić information content (AvgIpc) is 2.59. The standard InChI is InChI=1S/2C11H15N.2W/c1-4-12(5-2)11-8-6-7-10(3)9-11;1-4-12(5-2)11-9-7-6-8-10(11)3;;/h2*6-9H,1-2,4-5H2,3H3;;/q2*-2;2*+2. The second kappa shape index (κ2) is 15.5. The van der Waals surface area contributed by atoms with Gasteiger partial charge in [0.15, 0.2) is 0 Å². The van der Waals surface area contributed by atoms with E-state index in [2.05, 4.69) is 87.7 Å². The second-order valence-corrected chi connectivity index (χ2v) is 5.60. The molecule has 2 nitrogen and oxygen atoms in total. The maximum Gasteiger partial charge on any atom is 2.00 e. The Morgan fingerprint density at radius 1 is 0.692 bits per heavy atom. The van der Waals surface area contributed by atoms with Gasteiger partial charge >= 0.3 is 42.1 Å². The molecule has 140 valence electrons. The van der Waals surface area contributed by atoms with Gasteiger partial charge in [-0.05, 0) is 43.2 Å². The molecule has 4 heteroatoms. The molecule has 0 aromatic heterocycles. The van der Waals surface area contributed by atoms with Gasteiger partial charge in [-0.3, -0.25) is 0 Å². The molecule has 0 heterocycles. The van der Waals surface area contributed by atoms with E-state index in [-0.39, 0.29) is 42.1 Å². The van der Waals surface area contributed by atoms with E-state index in [9.17, 15) is 0 Å². The molecule has 2 aromatic carbocycles. The van der Waals surface area contributed by atoms with Gasteiger partial charge in [0.1, 0.15) is 0 Å². The minimum Gasteiger partial charge on any atom is -0.432 e. The normalized spacial score (nSPS) is 9.15. The first-order chi connectivity index (χ1) is 11.6. The van der Waals surface area contributed by atoms with Crippen LogP contribution in [0.1, 0.15) is 11.1 Å². The molecule has 0 radical (unpaired) electrons. The number of para-hydroxylation sites is 1. The van der Waals surface area contributed by atoms with Gasteiger partial charge in [-0.2, -0.15) is 0 Å². The van der Waals surface area contributed by atoms with E-state index in [4.69, 9.17) is 0 Å². The van der Waals surface area contributed by atoms with Crippen LogP contribution in [0.3, 0.4) is 0 Å². The zero-order valence-corrected chi connectivity index (χ0v) is 21.9. The zero-order valence-electron chi connectivity index (χ0n) is 16.0. The van der Waals surface area contributed by atoms with Crippen molar-refractivity contribution in [3.8, 4) is 0 Å². The molecule has 0 bridgehead atoms. The monoisotopic (exact) mass is 690 g/mol. The Bertz CT molecular complexity index is 594. The van der Waals surface area contributed by atoms with Crippen LogP contribution in [0.2, 0.25) is 0 Å². The van der Waals surface area contributed by atoms with Crippen LogP contribution in [0.4, 0.5) is 11.4 Å². The van der Waals surface area contributed by atoms with Crippen LogP contribution in [0.15, 0.2) is 48.5 Å². The van der Waals surface area contributed by atoms with Gasteiger partial charge in [-0.1, -0.05) is 30.3 Å². The predicted molar refractivity (Wildman–Crippen MR) is 108 cm³/mol. The molecule has 0 fully saturated rings. The van der Waals surface area contributed by atoms with Crippen LogP contribution in [0, 0.1) is 41.5 Å². The molecule has 26 heavy (non-hydrogen) atoms. The van der Waals surface area contributed by atoms with Gasteiger partial charge in [0.25, 0.3) is 0 Å². The molecule has 2 rings (SSSR count). The largest absolute Gasteiger partial charge is 2.00 e. The Morgan fingerprint density at radius 2 is 1.23 bits per heavy atom. The predicted octanol–water partition coefficient (Wildman–Crippen LogP) is 4.93. The maximum atomic E-state index is 3.86. The van der Waals surface area contributed by atoms with Crippen molar-refractivity contribution in [1.82, 2.24) is 0 Å². The van der Waals surface area contributed by atoms with E-state index < -0.39 is 0 Å². The number of benzene rings is 2. The van der Waals surface area contributed by atoms with Crippen molar-refractivity contribution in [3.63, 3.8) is 0 Å². The first-order valence-electron chi connectivity index (χ1n) is 8.36. The number of nitrogens with zero attached hydrogens (tertiary/aromatic N) is 2. The van der Waals surface area contributed by atoms with Crippen molar-refractivity contribution in [1.29, 1.82) is 0 Å². The van der Waals surface area contributed by atoms with Crippen molar-refractivity contribution in [2.75, 3.05) is 36.0 Å². The van der Waals surface area contributed by atoms with E-state index in [1.807, 2.05) is 12.1 Å². The third kappa shape index (κ3) is 8.87. The summed E-state index contributed by atoms with van der Waals surface area (Å²) in [5.41, 5.74) is 5.01. The molecule has 0 amide bonds. The Balaban J connectivity index is 0. The van der Waals surface area contributed by atoms with Crippen molar-refractivity contribution in [2.24, 2.45) is 0 Å². The minimum atomic E-state index is 0. The van der Waals surface area contributed by atoms with Gasteiger partial charge in [-0.25, -0.2) is 0 Å². The summed E-state index contributed by atoms with van der Waals surface area (Å²) in [5, 5.41) is 0. The number of hydrogen-bond donors (Lipinski definition) is 0. The number of rotatable bonds is 6. The van der Waals surface area contributed by atoms with Gasteiger partial charge in [0.05, 0.1) is 0 Å². The smallest absolute Gasteiger partial charge is 0.432 e. The quantitative estimate of drug-likeness (QED) is 0.397. The Morgan fingerprint density at radius 3 is 1.69 bits per heavy atom.